The van der Waals surface area contributed by atoms with Gasteiger partial charge in [0, 0.05) is 11.6 Å². The molecule has 0 N–H and O–H groups in total. The maximum absolute atomic E-state index is 5.46. The fourth-order valence-electron chi connectivity index (χ4n) is 2.18. The Morgan fingerprint density at radius 3 is 2.75 bits per heavy atom. The van der Waals surface area contributed by atoms with Crippen molar-refractivity contribution in [1.29, 1.82) is 0 Å². The molecule has 0 amide bonds. The molecule has 0 aliphatic rings. The first kappa shape index (κ1) is 17.0. The second-order valence-electron chi connectivity index (χ2n) is 4.96. The molecule has 0 bridgehead atoms. The SMILES string of the molecule is COCOc1ccc(C=Cc2nc3ccc(Br)cc3s2)cc1OC. The van der Waals surface area contributed by atoms with E-state index in [9.17, 15) is 0 Å². The number of thiazole rings is 1. The Labute approximate surface area is 152 Å². The number of ether oxygens (including phenoxy) is 3. The van der Waals surface area contributed by atoms with Gasteiger partial charge in [-0.25, -0.2) is 4.98 Å². The molecule has 0 atom stereocenters. The van der Waals surface area contributed by atoms with Crippen molar-refractivity contribution >= 4 is 49.6 Å². The van der Waals surface area contributed by atoms with Gasteiger partial charge in [0.05, 0.1) is 17.3 Å². The first-order valence-corrected chi connectivity index (χ1v) is 8.84. The molecule has 3 rings (SSSR count). The normalized spacial score (nSPS) is 11.3. The van der Waals surface area contributed by atoms with Crippen LogP contribution in [0.3, 0.4) is 0 Å². The summed E-state index contributed by atoms with van der Waals surface area (Å²) in [7, 11) is 3.20. The molecule has 0 unspecified atom stereocenters. The standard InChI is InChI=1S/C18H16BrNO3S/c1-21-11-23-15-7-3-12(9-16(15)22-2)4-8-18-20-14-6-5-13(19)10-17(14)24-18/h3-10H,11H2,1-2H3. The minimum atomic E-state index is 0.187. The van der Waals surface area contributed by atoms with E-state index in [0.29, 0.717) is 11.5 Å². The summed E-state index contributed by atoms with van der Waals surface area (Å²) in [6.07, 6.45) is 4.01. The summed E-state index contributed by atoms with van der Waals surface area (Å²) in [6.45, 7) is 0.187. The van der Waals surface area contributed by atoms with E-state index < -0.39 is 0 Å². The van der Waals surface area contributed by atoms with Gasteiger partial charge in [0.15, 0.2) is 18.3 Å². The maximum atomic E-state index is 5.46. The van der Waals surface area contributed by atoms with E-state index in [4.69, 9.17) is 14.2 Å². The molecule has 0 saturated heterocycles. The molecule has 0 aliphatic carbocycles. The lowest BCUT2D eigenvalue weighted by Crippen LogP contribution is -2.00. The number of aromatic nitrogens is 1. The van der Waals surface area contributed by atoms with E-state index in [1.165, 1.54) is 0 Å². The Kier molecular flexibility index (Phi) is 5.50. The Hall–Kier alpha value is -1.89. The summed E-state index contributed by atoms with van der Waals surface area (Å²) in [5, 5.41) is 0.960. The molecule has 6 heteroatoms. The first-order valence-electron chi connectivity index (χ1n) is 7.23. The molecule has 1 heterocycles. The van der Waals surface area contributed by atoms with Gasteiger partial charge in [0.25, 0.3) is 0 Å². The zero-order valence-electron chi connectivity index (χ0n) is 13.3. The van der Waals surface area contributed by atoms with Crippen LogP contribution in [0.25, 0.3) is 22.4 Å². The highest BCUT2D eigenvalue weighted by atomic mass is 79.9. The number of hydrogen-bond acceptors (Lipinski definition) is 5. The van der Waals surface area contributed by atoms with Crippen molar-refractivity contribution < 1.29 is 14.2 Å². The highest BCUT2D eigenvalue weighted by Gasteiger charge is 2.05. The Morgan fingerprint density at radius 2 is 1.96 bits per heavy atom. The summed E-state index contributed by atoms with van der Waals surface area (Å²) in [5.41, 5.74) is 2.01. The van der Waals surface area contributed by atoms with E-state index in [2.05, 4.69) is 27.0 Å². The average molecular weight is 406 g/mol. The fourth-order valence-corrected chi connectivity index (χ4v) is 3.61. The minimum absolute atomic E-state index is 0.187. The van der Waals surface area contributed by atoms with E-state index in [1.54, 1.807) is 25.6 Å². The number of methoxy groups -OCH3 is 2. The molecule has 124 valence electrons. The lowest BCUT2D eigenvalue weighted by atomic mass is 10.2. The minimum Gasteiger partial charge on any atom is -0.493 e. The molecule has 3 aromatic rings. The molecule has 0 fully saturated rings. The smallest absolute Gasteiger partial charge is 0.188 e. The van der Waals surface area contributed by atoms with Crippen LogP contribution in [0.1, 0.15) is 10.6 Å². The van der Waals surface area contributed by atoms with Gasteiger partial charge in [-0.2, -0.15) is 0 Å². The van der Waals surface area contributed by atoms with Gasteiger partial charge in [-0.1, -0.05) is 28.1 Å². The lowest BCUT2D eigenvalue weighted by Gasteiger charge is -2.10. The van der Waals surface area contributed by atoms with E-state index in [0.717, 1.165) is 25.3 Å². The zero-order chi connectivity index (χ0) is 16.9. The molecule has 0 radical (unpaired) electrons. The van der Waals surface area contributed by atoms with Crippen LogP contribution in [0.2, 0.25) is 0 Å². The van der Waals surface area contributed by atoms with Crippen molar-refractivity contribution in [3.63, 3.8) is 0 Å². The van der Waals surface area contributed by atoms with Crippen molar-refractivity contribution in [2.24, 2.45) is 0 Å². The van der Waals surface area contributed by atoms with Crippen LogP contribution >= 0.6 is 27.3 Å². The van der Waals surface area contributed by atoms with Crippen LogP contribution in [0.15, 0.2) is 40.9 Å². The molecule has 1 aromatic heterocycles. The summed E-state index contributed by atoms with van der Waals surface area (Å²) >= 11 is 5.14. The lowest BCUT2D eigenvalue weighted by molar-refractivity contribution is 0.0491. The van der Waals surface area contributed by atoms with Gasteiger partial charge in [0.2, 0.25) is 0 Å². The molecular formula is C18H16BrNO3S. The van der Waals surface area contributed by atoms with Gasteiger partial charge in [-0.05, 0) is 42.0 Å². The number of nitrogens with zero attached hydrogens (tertiary/aromatic N) is 1. The quantitative estimate of drug-likeness (QED) is 0.527. The largest absolute Gasteiger partial charge is 0.493 e. The zero-order valence-corrected chi connectivity index (χ0v) is 15.7. The highest BCUT2D eigenvalue weighted by Crippen LogP contribution is 2.30. The van der Waals surface area contributed by atoms with Crippen LogP contribution in [0.5, 0.6) is 11.5 Å². The monoisotopic (exact) mass is 405 g/mol. The Bertz CT molecular complexity index is 876. The number of hydrogen-bond donors (Lipinski definition) is 0. The second kappa shape index (κ2) is 7.79. The molecule has 4 nitrogen and oxygen atoms in total. The molecule has 0 saturated carbocycles. The van der Waals surface area contributed by atoms with Crippen LogP contribution in [0, 0.1) is 0 Å². The first-order chi connectivity index (χ1) is 11.7. The van der Waals surface area contributed by atoms with Gasteiger partial charge >= 0.3 is 0 Å². The van der Waals surface area contributed by atoms with Crippen LogP contribution < -0.4 is 9.47 Å². The summed E-state index contributed by atoms with van der Waals surface area (Å²) in [4.78, 5) is 4.61. The number of halogens is 1. The van der Waals surface area contributed by atoms with Crippen molar-refractivity contribution in [2.45, 2.75) is 0 Å². The van der Waals surface area contributed by atoms with E-state index in [1.807, 2.05) is 42.5 Å². The van der Waals surface area contributed by atoms with Crippen LogP contribution in [0.4, 0.5) is 0 Å². The van der Waals surface area contributed by atoms with E-state index in [-0.39, 0.29) is 6.79 Å². The Balaban J connectivity index is 1.82. The highest BCUT2D eigenvalue weighted by molar-refractivity contribution is 9.10. The third kappa shape index (κ3) is 3.95. The van der Waals surface area contributed by atoms with Gasteiger partial charge in [0.1, 0.15) is 5.01 Å². The van der Waals surface area contributed by atoms with Gasteiger partial charge in [-0.15, -0.1) is 11.3 Å². The van der Waals surface area contributed by atoms with Crippen molar-refractivity contribution in [1.82, 2.24) is 4.98 Å². The number of benzene rings is 2. The third-order valence-corrected chi connectivity index (χ3v) is 4.78. The fraction of sp³-hybridized carbons (Fsp3) is 0.167. The number of rotatable bonds is 6. The molecule has 0 aliphatic heterocycles. The maximum Gasteiger partial charge on any atom is 0.188 e. The molecule has 0 spiro atoms. The van der Waals surface area contributed by atoms with Gasteiger partial charge < -0.3 is 14.2 Å². The summed E-state index contributed by atoms with van der Waals surface area (Å²) in [5.74, 6) is 1.32. The van der Waals surface area contributed by atoms with Crippen LogP contribution in [-0.4, -0.2) is 26.0 Å². The Morgan fingerprint density at radius 1 is 1.08 bits per heavy atom. The van der Waals surface area contributed by atoms with Crippen molar-refractivity contribution in [2.75, 3.05) is 21.0 Å². The van der Waals surface area contributed by atoms with Crippen molar-refractivity contribution in [3.8, 4) is 11.5 Å². The third-order valence-electron chi connectivity index (χ3n) is 3.31. The predicted molar refractivity (Wildman–Crippen MR) is 102 cm³/mol. The second-order valence-corrected chi connectivity index (χ2v) is 6.94. The number of fused-ring (bicyclic) bond motifs is 1. The molecule has 24 heavy (non-hydrogen) atoms. The van der Waals surface area contributed by atoms with Crippen LogP contribution in [-0.2, 0) is 4.74 Å². The van der Waals surface area contributed by atoms with Gasteiger partial charge in [-0.3, -0.25) is 0 Å². The van der Waals surface area contributed by atoms with E-state index >= 15 is 0 Å². The molecular weight excluding hydrogens is 390 g/mol. The molecule has 2 aromatic carbocycles. The average Bonchev–Trinajstić information content (AvgIpc) is 3.00. The van der Waals surface area contributed by atoms with Crippen molar-refractivity contribution in [3.05, 3.63) is 51.4 Å². The topological polar surface area (TPSA) is 40.6 Å². The summed E-state index contributed by atoms with van der Waals surface area (Å²) in [6, 6.07) is 11.8. The summed E-state index contributed by atoms with van der Waals surface area (Å²) < 4.78 is 18.0. The predicted octanol–water partition coefficient (Wildman–Crippen LogP) is 5.22.